The van der Waals surface area contributed by atoms with Gasteiger partial charge in [0.05, 0.1) is 12.5 Å². The molecule has 0 radical (unpaired) electrons. The van der Waals surface area contributed by atoms with Gasteiger partial charge in [0.1, 0.15) is 6.04 Å². The van der Waals surface area contributed by atoms with E-state index in [1.54, 1.807) is 0 Å². The Morgan fingerprint density at radius 2 is 1.82 bits per heavy atom. The first-order valence-corrected chi connectivity index (χ1v) is 2.83. The van der Waals surface area contributed by atoms with Gasteiger partial charge in [0, 0.05) is 0 Å². The molecule has 0 fully saturated rings. The van der Waals surface area contributed by atoms with Crippen LogP contribution in [0.15, 0.2) is 0 Å². The summed E-state index contributed by atoms with van der Waals surface area (Å²) in [6.07, 6.45) is -2.20. The van der Waals surface area contributed by atoms with Crippen LogP contribution in [0.2, 0.25) is 0 Å². The van der Waals surface area contributed by atoms with Gasteiger partial charge >= 0.3 is 11.9 Å². The summed E-state index contributed by atoms with van der Waals surface area (Å²) >= 11 is 0. The van der Waals surface area contributed by atoms with E-state index in [0.29, 0.717) is 0 Å². The van der Waals surface area contributed by atoms with Gasteiger partial charge in [-0.15, -0.1) is 0 Å². The van der Waals surface area contributed by atoms with Gasteiger partial charge < -0.3 is 21.1 Å². The first-order chi connectivity index (χ1) is 4.95. The summed E-state index contributed by atoms with van der Waals surface area (Å²) < 4.78 is 0. The zero-order valence-corrected chi connectivity index (χ0v) is 5.60. The summed E-state index contributed by atoms with van der Waals surface area (Å²) in [7, 11) is 0. The lowest BCUT2D eigenvalue weighted by atomic mass is 10.1. The van der Waals surface area contributed by atoms with Crippen LogP contribution >= 0.6 is 0 Å². The molecule has 11 heavy (non-hydrogen) atoms. The van der Waals surface area contributed by atoms with E-state index in [9.17, 15) is 9.59 Å². The van der Waals surface area contributed by atoms with Crippen molar-refractivity contribution in [2.75, 3.05) is 0 Å². The van der Waals surface area contributed by atoms with Gasteiger partial charge in [0.2, 0.25) is 0 Å². The van der Waals surface area contributed by atoms with E-state index in [1.165, 1.54) is 0 Å². The molecule has 0 unspecified atom stereocenters. The third-order valence-electron chi connectivity index (χ3n) is 1.08. The second kappa shape index (κ2) is 3.89. The van der Waals surface area contributed by atoms with Crippen molar-refractivity contribution >= 4 is 11.9 Å². The Morgan fingerprint density at radius 3 is 2.09 bits per heavy atom. The summed E-state index contributed by atoms with van der Waals surface area (Å²) in [6, 6.07) is -1.54. The molecular weight excluding hydrogens is 154 g/mol. The molecule has 0 aliphatic carbocycles. The molecule has 0 aromatic heterocycles. The number of carbonyl (C=O) groups is 2. The van der Waals surface area contributed by atoms with Crippen molar-refractivity contribution in [3.05, 3.63) is 0 Å². The average Bonchev–Trinajstić information content (AvgIpc) is 1.84. The highest BCUT2D eigenvalue weighted by Crippen LogP contribution is 1.96. The van der Waals surface area contributed by atoms with Crippen LogP contribution in [-0.4, -0.2) is 39.4 Å². The zero-order chi connectivity index (χ0) is 9.02. The summed E-state index contributed by atoms with van der Waals surface area (Å²) in [5.74, 6) is -2.70. The van der Waals surface area contributed by atoms with Crippen LogP contribution in [0, 0.1) is 0 Å². The molecule has 0 saturated heterocycles. The SMILES string of the molecule is N[C@H](C(=O)O)[C@@H](O)CC(=O)O. The second-order valence-electron chi connectivity index (χ2n) is 2.03. The predicted octanol–water partition coefficient (Wildman–Crippen LogP) is -1.77. The van der Waals surface area contributed by atoms with Gasteiger partial charge in [-0.1, -0.05) is 0 Å². The van der Waals surface area contributed by atoms with E-state index >= 15 is 0 Å². The lowest BCUT2D eigenvalue weighted by Crippen LogP contribution is -2.42. The fourth-order valence-electron chi connectivity index (χ4n) is 0.470. The average molecular weight is 163 g/mol. The third kappa shape index (κ3) is 3.54. The number of rotatable bonds is 4. The first-order valence-electron chi connectivity index (χ1n) is 2.83. The smallest absolute Gasteiger partial charge is 0.323 e. The highest BCUT2D eigenvalue weighted by atomic mass is 16.4. The number of hydrogen-bond donors (Lipinski definition) is 4. The number of aliphatic carboxylic acids is 2. The van der Waals surface area contributed by atoms with Crippen molar-refractivity contribution in [2.24, 2.45) is 5.73 Å². The van der Waals surface area contributed by atoms with Gasteiger partial charge in [-0.25, -0.2) is 0 Å². The highest BCUT2D eigenvalue weighted by molar-refractivity contribution is 5.76. The molecule has 0 amide bonds. The fraction of sp³-hybridized carbons (Fsp3) is 0.600. The highest BCUT2D eigenvalue weighted by Gasteiger charge is 2.23. The number of hydrogen-bond acceptors (Lipinski definition) is 4. The zero-order valence-electron chi connectivity index (χ0n) is 5.60. The van der Waals surface area contributed by atoms with Crippen LogP contribution in [0.1, 0.15) is 6.42 Å². The summed E-state index contributed by atoms with van der Waals surface area (Å²) in [5.41, 5.74) is 4.90. The lowest BCUT2D eigenvalue weighted by Gasteiger charge is -2.11. The van der Waals surface area contributed by atoms with Crippen molar-refractivity contribution in [3.63, 3.8) is 0 Å². The minimum Gasteiger partial charge on any atom is -0.481 e. The molecule has 0 aliphatic rings. The minimum absolute atomic E-state index is 0.659. The van der Waals surface area contributed by atoms with E-state index in [4.69, 9.17) is 21.1 Å². The van der Waals surface area contributed by atoms with Crippen LogP contribution < -0.4 is 5.73 Å². The minimum atomic E-state index is -1.54. The Morgan fingerprint density at radius 1 is 1.36 bits per heavy atom. The molecule has 0 heterocycles. The van der Waals surface area contributed by atoms with Crippen LogP contribution in [0.25, 0.3) is 0 Å². The Hall–Kier alpha value is -1.14. The van der Waals surface area contributed by atoms with E-state index in [1.807, 2.05) is 0 Å². The van der Waals surface area contributed by atoms with Crippen LogP contribution in [0.3, 0.4) is 0 Å². The van der Waals surface area contributed by atoms with Crippen LogP contribution in [0.5, 0.6) is 0 Å². The van der Waals surface area contributed by atoms with Crippen molar-refractivity contribution in [3.8, 4) is 0 Å². The fourth-order valence-corrected chi connectivity index (χ4v) is 0.470. The summed E-state index contributed by atoms with van der Waals surface area (Å²) in [4.78, 5) is 20.0. The van der Waals surface area contributed by atoms with Crippen molar-refractivity contribution in [2.45, 2.75) is 18.6 Å². The Kier molecular flexibility index (Phi) is 3.49. The monoisotopic (exact) mass is 163 g/mol. The second-order valence-corrected chi connectivity index (χ2v) is 2.03. The molecule has 2 atom stereocenters. The van der Waals surface area contributed by atoms with Crippen LogP contribution in [-0.2, 0) is 9.59 Å². The summed E-state index contributed by atoms with van der Waals surface area (Å²) in [5, 5.41) is 25.1. The van der Waals surface area contributed by atoms with Gasteiger partial charge in [-0.3, -0.25) is 9.59 Å². The molecular formula is C5H9NO5. The standard InChI is InChI=1S/C5H9NO5/c6-4(5(10)11)2(7)1-3(8)9/h2,4,7H,1,6H2,(H,8,9)(H,10,11)/t2-,4-/m0/s1. The number of nitrogens with two attached hydrogens (primary N) is 1. The molecule has 0 aromatic carbocycles. The van der Waals surface area contributed by atoms with E-state index in [2.05, 4.69) is 0 Å². The number of carboxylic acid groups (broad SMARTS) is 2. The van der Waals surface area contributed by atoms with Crippen molar-refractivity contribution in [1.29, 1.82) is 0 Å². The largest absolute Gasteiger partial charge is 0.481 e. The van der Waals surface area contributed by atoms with E-state index in [0.717, 1.165) is 0 Å². The normalized spacial score (nSPS) is 15.5. The molecule has 0 rings (SSSR count). The molecule has 0 aliphatic heterocycles. The lowest BCUT2D eigenvalue weighted by molar-refractivity contribution is -0.144. The maximum atomic E-state index is 10.0. The molecule has 0 aromatic rings. The molecule has 5 N–H and O–H groups in total. The van der Waals surface area contributed by atoms with Gasteiger partial charge in [-0.05, 0) is 0 Å². The maximum absolute atomic E-state index is 10.0. The molecule has 0 bridgehead atoms. The Labute approximate surface area is 62.2 Å². The number of aliphatic hydroxyl groups is 1. The number of aliphatic hydroxyl groups excluding tert-OH is 1. The molecule has 6 nitrogen and oxygen atoms in total. The third-order valence-corrected chi connectivity index (χ3v) is 1.08. The van der Waals surface area contributed by atoms with E-state index in [-0.39, 0.29) is 0 Å². The van der Waals surface area contributed by atoms with Gasteiger partial charge in [0.15, 0.2) is 0 Å². The Balaban J connectivity index is 3.92. The summed E-state index contributed by atoms with van der Waals surface area (Å²) in [6.45, 7) is 0. The predicted molar refractivity (Wildman–Crippen MR) is 33.9 cm³/mol. The quantitative estimate of drug-likeness (QED) is 0.389. The molecule has 64 valence electrons. The maximum Gasteiger partial charge on any atom is 0.323 e. The molecule has 6 heteroatoms. The molecule has 0 spiro atoms. The van der Waals surface area contributed by atoms with Crippen molar-refractivity contribution < 1.29 is 24.9 Å². The van der Waals surface area contributed by atoms with Crippen molar-refractivity contribution in [1.82, 2.24) is 0 Å². The van der Waals surface area contributed by atoms with Gasteiger partial charge in [0.25, 0.3) is 0 Å². The topological polar surface area (TPSA) is 121 Å². The Bertz CT molecular complexity index is 168. The van der Waals surface area contributed by atoms with Crippen LogP contribution in [0.4, 0.5) is 0 Å². The van der Waals surface area contributed by atoms with E-state index < -0.39 is 30.5 Å². The number of carboxylic acids is 2. The molecule has 0 saturated carbocycles. The first kappa shape index (κ1) is 9.86. The van der Waals surface area contributed by atoms with Gasteiger partial charge in [-0.2, -0.15) is 0 Å².